The predicted molar refractivity (Wildman–Crippen MR) is 113 cm³/mol. The highest BCUT2D eigenvalue weighted by molar-refractivity contribution is 7.15. The summed E-state index contributed by atoms with van der Waals surface area (Å²) in [6.45, 7) is 6.03. The van der Waals surface area contributed by atoms with Crippen molar-refractivity contribution in [2.75, 3.05) is 0 Å². The number of carbonyl (C=O) groups is 1. The van der Waals surface area contributed by atoms with E-state index in [-0.39, 0.29) is 0 Å². The molecule has 1 heterocycles. The minimum atomic E-state index is -0.640. The zero-order chi connectivity index (χ0) is 18.9. The Labute approximate surface area is 166 Å². The minimum absolute atomic E-state index is 0.421. The Hall–Kier alpha value is -1.32. The van der Waals surface area contributed by atoms with Gasteiger partial charge >= 0.3 is 5.97 Å². The molecule has 4 heteroatoms. The van der Waals surface area contributed by atoms with Crippen LogP contribution in [0.3, 0.4) is 0 Å². The molecule has 0 saturated carbocycles. The number of alkyl halides is 1. The van der Waals surface area contributed by atoms with E-state index < -0.39 is 11.3 Å². The molecule has 142 valence electrons. The Balaban J connectivity index is 1.98. The summed E-state index contributed by atoms with van der Waals surface area (Å²) in [4.78, 5) is 14.3. The molecule has 0 spiro atoms. The molecular formula is C22H29ClO2S. The molecule has 1 atom stereocenters. The molecule has 0 saturated heterocycles. The van der Waals surface area contributed by atoms with Crippen LogP contribution in [0.4, 0.5) is 0 Å². The highest BCUT2D eigenvalue weighted by Gasteiger charge is 2.13. The summed E-state index contributed by atoms with van der Waals surface area (Å²) in [5.74, 6) is 0.118. The first kappa shape index (κ1) is 21.0. The number of thiophene rings is 1. The van der Waals surface area contributed by atoms with E-state index >= 15 is 0 Å². The van der Waals surface area contributed by atoms with Crippen LogP contribution in [0.5, 0.6) is 5.75 Å². The van der Waals surface area contributed by atoms with Crippen LogP contribution in [-0.4, -0.2) is 11.3 Å². The number of aryl methyl sites for hydroxylation is 2. The molecular weight excluding hydrogens is 364 g/mol. The van der Waals surface area contributed by atoms with E-state index in [0.717, 1.165) is 6.42 Å². The third-order valence-electron chi connectivity index (χ3n) is 4.39. The minimum Gasteiger partial charge on any atom is -0.425 e. The number of unbranched alkanes of at least 4 members (excludes halogenated alkanes) is 5. The molecule has 2 nitrogen and oxygen atoms in total. The van der Waals surface area contributed by atoms with Crippen LogP contribution in [0.2, 0.25) is 0 Å². The highest BCUT2D eigenvalue weighted by atomic mass is 35.5. The number of ether oxygens (including phenoxy) is 1. The predicted octanol–water partition coefficient (Wildman–Crippen LogP) is 7.16. The maximum atomic E-state index is 11.6. The average molecular weight is 393 g/mol. The molecule has 1 aromatic heterocycles. The second kappa shape index (κ2) is 10.7. The Bertz CT molecular complexity index is 689. The smallest absolute Gasteiger partial charge is 0.329 e. The molecule has 2 rings (SSSR count). The van der Waals surface area contributed by atoms with Crippen molar-refractivity contribution in [3.63, 3.8) is 0 Å². The van der Waals surface area contributed by atoms with Gasteiger partial charge in [0.25, 0.3) is 0 Å². The first-order chi connectivity index (χ1) is 12.5. The van der Waals surface area contributed by atoms with Gasteiger partial charge in [0, 0.05) is 9.75 Å². The summed E-state index contributed by atoms with van der Waals surface area (Å²) in [5.41, 5.74) is 2.62. The molecule has 26 heavy (non-hydrogen) atoms. The molecule has 0 aliphatic rings. The molecule has 0 N–H and O–H groups in total. The van der Waals surface area contributed by atoms with Crippen LogP contribution in [0, 0.1) is 6.92 Å². The molecule has 0 bridgehead atoms. The number of hydrogen-bond acceptors (Lipinski definition) is 3. The number of benzene rings is 1. The fourth-order valence-electron chi connectivity index (χ4n) is 2.96. The van der Waals surface area contributed by atoms with Gasteiger partial charge in [-0.25, -0.2) is 0 Å². The standard InChI is InChI=1S/C22H29ClO2S/c1-4-5-6-7-8-9-10-19-15-16(2)26-21(19)18-11-13-20(14-12-18)25-22(24)17(3)23/h11-15,17H,4-10H2,1-3H3. The van der Waals surface area contributed by atoms with Crippen LogP contribution < -0.4 is 4.74 Å². The van der Waals surface area contributed by atoms with Gasteiger partial charge < -0.3 is 4.74 Å². The van der Waals surface area contributed by atoms with Crippen molar-refractivity contribution >= 4 is 28.9 Å². The zero-order valence-electron chi connectivity index (χ0n) is 16.0. The van der Waals surface area contributed by atoms with E-state index in [4.69, 9.17) is 16.3 Å². The van der Waals surface area contributed by atoms with Crippen molar-refractivity contribution in [2.45, 2.75) is 71.1 Å². The maximum Gasteiger partial charge on any atom is 0.329 e. The summed E-state index contributed by atoms with van der Waals surface area (Å²) >= 11 is 7.58. The van der Waals surface area contributed by atoms with Gasteiger partial charge in [0.05, 0.1) is 0 Å². The topological polar surface area (TPSA) is 26.3 Å². The normalized spacial score (nSPS) is 12.2. The quantitative estimate of drug-likeness (QED) is 0.185. The lowest BCUT2D eigenvalue weighted by atomic mass is 10.0. The third-order valence-corrected chi connectivity index (χ3v) is 5.71. The van der Waals surface area contributed by atoms with Crippen molar-refractivity contribution in [2.24, 2.45) is 0 Å². The number of halogens is 1. The van der Waals surface area contributed by atoms with Gasteiger partial charge in [-0.05, 0) is 68.1 Å². The Morgan fingerprint density at radius 3 is 2.42 bits per heavy atom. The van der Waals surface area contributed by atoms with Gasteiger partial charge in [-0.1, -0.05) is 39.0 Å². The molecule has 2 aromatic rings. The average Bonchev–Trinajstić information content (AvgIpc) is 2.99. The van der Waals surface area contributed by atoms with Gasteiger partial charge in [-0.15, -0.1) is 22.9 Å². The van der Waals surface area contributed by atoms with Gasteiger partial charge in [0.1, 0.15) is 11.1 Å². The molecule has 0 fully saturated rings. The van der Waals surface area contributed by atoms with Crippen LogP contribution >= 0.6 is 22.9 Å². The largest absolute Gasteiger partial charge is 0.425 e. The lowest BCUT2D eigenvalue weighted by molar-refractivity contribution is -0.133. The van der Waals surface area contributed by atoms with Crippen molar-refractivity contribution < 1.29 is 9.53 Å². The molecule has 0 amide bonds. The fraction of sp³-hybridized carbons (Fsp3) is 0.500. The number of carbonyl (C=O) groups excluding carboxylic acids is 1. The van der Waals surface area contributed by atoms with E-state index in [1.807, 2.05) is 35.6 Å². The lowest BCUT2D eigenvalue weighted by Crippen LogP contribution is -2.17. The molecule has 0 aliphatic heterocycles. The van der Waals surface area contributed by atoms with Crippen LogP contribution in [-0.2, 0) is 11.2 Å². The second-order valence-electron chi connectivity index (χ2n) is 6.79. The van der Waals surface area contributed by atoms with Gasteiger partial charge in [-0.3, -0.25) is 4.79 Å². The van der Waals surface area contributed by atoms with Crippen LogP contribution in [0.25, 0.3) is 10.4 Å². The van der Waals surface area contributed by atoms with Crippen molar-refractivity contribution in [1.29, 1.82) is 0 Å². The van der Waals surface area contributed by atoms with Crippen molar-refractivity contribution in [3.8, 4) is 16.2 Å². The van der Waals surface area contributed by atoms with Gasteiger partial charge in [0.2, 0.25) is 0 Å². The maximum absolute atomic E-state index is 11.6. The molecule has 1 unspecified atom stereocenters. The molecule has 0 radical (unpaired) electrons. The second-order valence-corrected chi connectivity index (χ2v) is 8.70. The van der Waals surface area contributed by atoms with Gasteiger partial charge in [0.15, 0.2) is 0 Å². The van der Waals surface area contributed by atoms with E-state index in [1.54, 1.807) is 6.92 Å². The van der Waals surface area contributed by atoms with E-state index in [2.05, 4.69) is 19.9 Å². The van der Waals surface area contributed by atoms with E-state index in [9.17, 15) is 4.79 Å². The van der Waals surface area contributed by atoms with Gasteiger partial charge in [-0.2, -0.15) is 0 Å². The summed E-state index contributed by atoms with van der Waals surface area (Å²) < 4.78 is 5.25. The Morgan fingerprint density at radius 1 is 1.12 bits per heavy atom. The summed E-state index contributed by atoms with van der Waals surface area (Å²) in [6.07, 6.45) is 9.02. The number of esters is 1. The zero-order valence-corrected chi connectivity index (χ0v) is 17.6. The lowest BCUT2D eigenvalue weighted by Gasteiger charge is -2.08. The molecule has 0 aliphatic carbocycles. The van der Waals surface area contributed by atoms with Crippen molar-refractivity contribution in [1.82, 2.24) is 0 Å². The summed E-state index contributed by atoms with van der Waals surface area (Å²) in [5, 5.41) is -0.640. The Morgan fingerprint density at radius 2 is 1.77 bits per heavy atom. The summed E-state index contributed by atoms with van der Waals surface area (Å²) in [7, 11) is 0. The number of hydrogen-bond donors (Lipinski definition) is 0. The fourth-order valence-corrected chi connectivity index (χ4v) is 4.08. The monoisotopic (exact) mass is 392 g/mol. The van der Waals surface area contributed by atoms with Crippen molar-refractivity contribution in [3.05, 3.63) is 40.8 Å². The first-order valence-electron chi connectivity index (χ1n) is 9.56. The Kier molecular flexibility index (Phi) is 8.67. The third kappa shape index (κ3) is 6.44. The van der Waals surface area contributed by atoms with E-state index in [0.29, 0.717) is 5.75 Å². The molecule has 1 aromatic carbocycles. The van der Waals surface area contributed by atoms with E-state index in [1.165, 1.54) is 59.4 Å². The first-order valence-corrected chi connectivity index (χ1v) is 10.8. The highest BCUT2D eigenvalue weighted by Crippen LogP contribution is 2.34. The number of rotatable bonds is 10. The van der Waals surface area contributed by atoms with Crippen LogP contribution in [0.15, 0.2) is 30.3 Å². The SMILES string of the molecule is CCCCCCCCc1cc(C)sc1-c1ccc(OC(=O)C(C)Cl)cc1. The summed E-state index contributed by atoms with van der Waals surface area (Å²) in [6, 6.07) is 10.1. The van der Waals surface area contributed by atoms with Crippen LogP contribution in [0.1, 0.15) is 62.8 Å².